The molecule has 7 atom stereocenters. The van der Waals surface area contributed by atoms with Crippen molar-refractivity contribution in [3.05, 3.63) is 0 Å². The predicted molar refractivity (Wildman–Crippen MR) is 126 cm³/mol. The molecule has 0 aromatic heterocycles. The number of aliphatic hydroxyl groups is 1. The summed E-state index contributed by atoms with van der Waals surface area (Å²) in [6.07, 6.45) is -0.678. The van der Waals surface area contributed by atoms with E-state index in [4.69, 9.17) is 18.9 Å². The molecular formula is C25H34N2O12. The Kier molecular flexibility index (Phi) is 6.54. The van der Waals surface area contributed by atoms with Crippen LogP contribution in [0.1, 0.15) is 47.5 Å². The summed E-state index contributed by atoms with van der Waals surface area (Å²) in [7, 11) is 2.40. The fraction of sp³-hybridized carbons (Fsp3) is 0.760. The second kappa shape index (κ2) is 8.88. The molecule has 0 radical (unpaired) electrons. The third kappa shape index (κ3) is 3.53. The summed E-state index contributed by atoms with van der Waals surface area (Å²) in [5.41, 5.74) is -6.16. The third-order valence-electron chi connectivity index (χ3n) is 8.71. The fourth-order valence-corrected chi connectivity index (χ4v) is 6.52. The first-order valence-corrected chi connectivity index (χ1v) is 12.5. The Morgan fingerprint density at radius 2 is 1.51 bits per heavy atom. The molecule has 0 unspecified atom stereocenters. The van der Waals surface area contributed by atoms with E-state index >= 15 is 0 Å². The molecule has 5 rings (SSSR count). The van der Waals surface area contributed by atoms with Gasteiger partial charge >= 0.3 is 23.9 Å². The van der Waals surface area contributed by atoms with Gasteiger partial charge in [0.1, 0.15) is 6.23 Å². The minimum Gasteiger partial charge on any atom is -0.467 e. The topological polar surface area (TPSA) is 184 Å². The number of ether oxygens (including phenoxy) is 5. The van der Waals surface area contributed by atoms with Crippen LogP contribution in [-0.4, -0.2) is 102 Å². The molecule has 14 nitrogen and oxygen atoms in total. The molecule has 5 saturated heterocycles. The Labute approximate surface area is 224 Å². The van der Waals surface area contributed by atoms with Gasteiger partial charge in [0.2, 0.25) is 22.9 Å². The Hall–Kier alpha value is -3.26. The Balaban J connectivity index is 0.000000187. The van der Waals surface area contributed by atoms with Gasteiger partial charge in [-0.05, 0) is 13.8 Å². The summed E-state index contributed by atoms with van der Waals surface area (Å²) >= 11 is 0. The van der Waals surface area contributed by atoms with Crippen LogP contribution in [0.4, 0.5) is 0 Å². The first-order chi connectivity index (χ1) is 18.0. The number of carbonyl (C=O) groups is 6. The number of hydrogen-bond donors (Lipinski definition) is 2. The summed E-state index contributed by atoms with van der Waals surface area (Å²) in [5.74, 6) is -4.68. The van der Waals surface area contributed by atoms with Crippen LogP contribution in [-0.2, 0) is 52.5 Å². The van der Waals surface area contributed by atoms with Gasteiger partial charge in [0.05, 0.1) is 52.1 Å². The van der Waals surface area contributed by atoms with Crippen molar-refractivity contribution in [3.8, 4) is 0 Å². The number of aliphatic hydroxyl groups excluding tert-OH is 1. The molecule has 5 aliphatic heterocycles. The van der Waals surface area contributed by atoms with E-state index < -0.39 is 76.7 Å². The average Bonchev–Trinajstić information content (AvgIpc) is 3.59. The molecule has 39 heavy (non-hydrogen) atoms. The van der Waals surface area contributed by atoms with Crippen LogP contribution in [0.2, 0.25) is 0 Å². The Morgan fingerprint density at radius 1 is 0.974 bits per heavy atom. The van der Waals surface area contributed by atoms with Crippen molar-refractivity contribution in [1.29, 1.82) is 0 Å². The quantitative estimate of drug-likeness (QED) is 0.314. The van der Waals surface area contributed by atoms with Crippen LogP contribution in [0.15, 0.2) is 0 Å². The number of nitrogens with one attached hydrogen (secondary N) is 1. The van der Waals surface area contributed by atoms with Crippen LogP contribution in [0.25, 0.3) is 0 Å². The van der Waals surface area contributed by atoms with Crippen LogP contribution >= 0.6 is 0 Å². The van der Waals surface area contributed by atoms with Gasteiger partial charge in [-0.1, -0.05) is 20.8 Å². The lowest BCUT2D eigenvalue weighted by molar-refractivity contribution is -0.175. The van der Waals surface area contributed by atoms with Gasteiger partial charge in [-0.3, -0.25) is 24.1 Å². The largest absolute Gasteiger partial charge is 0.467 e. The molecule has 2 N–H and O–H groups in total. The molecule has 0 aromatic carbocycles. The number of amides is 2. The van der Waals surface area contributed by atoms with Gasteiger partial charge < -0.3 is 34.1 Å². The maximum Gasteiger partial charge on any atom is 0.338 e. The van der Waals surface area contributed by atoms with Gasteiger partial charge in [0.15, 0.2) is 11.2 Å². The predicted octanol–water partition coefficient (Wildman–Crippen LogP) is -1.19. The summed E-state index contributed by atoms with van der Waals surface area (Å²) in [4.78, 5) is 73.5. The lowest BCUT2D eigenvalue weighted by Crippen LogP contribution is -2.65. The number of esters is 4. The van der Waals surface area contributed by atoms with Gasteiger partial charge in [-0.15, -0.1) is 0 Å². The molecule has 0 saturated carbocycles. The molecule has 5 aliphatic rings. The lowest BCUT2D eigenvalue weighted by atomic mass is 9.77. The van der Waals surface area contributed by atoms with E-state index in [1.165, 1.54) is 18.9 Å². The van der Waals surface area contributed by atoms with Gasteiger partial charge in [0.25, 0.3) is 0 Å². The second-order valence-electron chi connectivity index (χ2n) is 11.8. The van der Waals surface area contributed by atoms with Crippen molar-refractivity contribution < 1.29 is 57.6 Å². The number of carbonyl (C=O) groups excluding carboxylic acids is 6. The second-order valence-corrected chi connectivity index (χ2v) is 11.8. The maximum absolute atomic E-state index is 12.9. The normalized spacial score (nSPS) is 40.1. The molecule has 5 heterocycles. The highest BCUT2D eigenvalue weighted by atomic mass is 16.6. The smallest absolute Gasteiger partial charge is 0.338 e. The molecule has 0 aromatic rings. The number of hydrogen-bond acceptors (Lipinski definition) is 12. The van der Waals surface area contributed by atoms with Crippen LogP contribution < -0.4 is 5.32 Å². The number of nitrogens with zero attached hydrogens (tertiary/aromatic N) is 1. The molecule has 0 aliphatic carbocycles. The molecule has 0 bridgehead atoms. The van der Waals surface area contributed by atoms with Gasteiger partial charge in [-0.25, -0.2) is 9.59 Å². The third-order valence-corrected chi connectivity index (χ3v) is 8.71. The highest BCUT2D eigenvalue weighted by Crippen LogP contribution is 2.57. The molecular weight excluding hydrogens is 520 g/mol. The van der Waals surface area contributed by atoms with E-state index in [2.05, 4.69) is 10.1 Å². The van der Waals surface area contributed by atoms with Gasteiger partial charge in [-0.2, -0.15) is 0 Å². The van der Waals surface area contributed by atoms with Crippen molar-refractivity contribution in [1.82, 2.24) is 10.2 Å². The Bertz CT molecular complexity index is 1150. The van der Waals surface area contributed by atoms with Crippen molar-refractivity contribution in [2.75, 3.05) is 27.4 Å². The highest BCUT2D eigenvalue weighted by molar-refractivity contribution is 6.01. The van der Waals surface area contributed by atoms with Crippen molar-refractivity contribution >= 4 is 35.7 Å². The SMILES string of the molecule is COC(=O)[C@]1(CO)NC(=O)[C@@H]2CC(=O)O[C@@]21C.COC(=O)[C@]12CO[C@H](C(C)(C)C)N1C(=O)[C@@H]1CC(=O)O[C@@]12C. The summed E-state index contributed by atoms with van der Waals surface area (Å²) in [6.45, 7) is 8.15. The van der Waals surface area contributed by atoms with E-state index in [1.807, 2.05) is 20.8 Å². The summed E-state index contributed by atoms with van der Waals surface area (Å²) < 4.78 is 25.9. The standard InChI is InChI=1S/C15H21NO6.C10H13NO6/c1-13(2,3)11-16-10(18)8-6-9(17)22-14(8,4)15(16,7-21-11)12(19)20-5;1-9-5(3-6(13)17-9)7(14)11-10(9,4-12)8(15)16-2/h8,11H,6-7H2,1-5H3;5,12H,3-4H2,1-2H3,(H,11,14)/t8-,11+,14-,15-;5-,9-,10-/m00/s1. The van der Waals surface area contributed by atoms with E-state index in [-0.39, 0.29) is 30.8 Å². The highest BCUT2D eigenvalue weighted by Gasteiger charge is 2.80. The average molecular weight is 555 g/mol. The van der Waals surface area contributed by atoms with E-state index in [9.17, 15) is 33.9 Å². The first-order valence-electron chi connectivity index (χ1n) is 12.5. The first kappa shape index (κ1) is 28.7. The lowest BCUT2D eigenvalue weighted by Gasteiger charge is -2.40. The van der Waals surface area contributed by atoms with E-state index in [0.29, 0.717) is 0 Å². The zero-order valence-corrected chi connectivity index (χ0v) is 22.9. The maximum atomic E-state index is 12.9. The summed E-state index contributed by atoms with van der Waals surface area (Å²) in [5, 5.41) is 11.8. The Morgan fingerprint density at radius 3 is 2.03 bits per heavy atom. The van der Waals surface area contributed by atoms with Crippen molar-refractivity contribution in [2.24, 2.45) is 17.3 Å². The van der Waals surface area contributed by atoms with E-state index in [1.54, 1.807) is 6.92 Å². The van der Waals surface area contributed by atoms with Crippen LogP contribution in [0.3, 0.4) is 0 Å². The summed E-state index contributed by atoms with van der Waals surface area (Å²) in [6, 6.07) is 0. The van der Waals surface area contributed by atoms with Gasteiger partial charge in [0, 0.05) is 5.41 Å². The minimum absolute atomic E-state index is 0.0125. The molecule has 2 amide bonds. The van der Waals surface area contributed by atoms with Crippen LogP contribution in [0.5, 0.6) is 0 Å². The number of methoxy groups -OCH3 is 2. The van der Waals surface area contributed by atoms with E-state index in [0.717, 1.165) is 7.11 Å². The molecule has 0 spiro atoms. The molecule has 5 fully saturated rings. The van der Waals surface area contributed by atoms with Crippen molar-refractivity contribution in [3.63, 3.8) is 0 Å². The molecule has 14 heteroatoms. The zero-order valence-electron chi connectivity index (χ0n) is 22.9. The number of fused-ring (bicyclic) bond motifs is 4. The zero-order chi connectivity index (χ0) is 29.3. The molecule has 216 valence electrons. The number of rotatable bonds is 3. The van der Waals surface area contributed by atoms with Crippen LogP contribution in [0, 0.1) is 17.3 Å². The minimum atomic E-state index is -1.71. The van der Waals surface area contributed by atoms with Crippen molar-refractivity contribution in [2.45, 2.75) is 76.0 Å². The monoisotopic (exact) mass is 554 g/mol. The fourth-order valence-electron chi connectivity index (χ4n) is 6.52.